The molecule has 1 aromatic rings. The van der Waals surface area contributed by atoms with Crippen molar-refractivity contribution >= 4 is 23.5 Å². The van der Waals surface area contributed by atoms with E-state index in [1.807, 2.05) is 13.2 Å². The first-order valence-electron chi connectivity index (χ1n) is 7.50. The van der Waals surface area contributed by atoms with Gasteiger partial charge in [-0.3, -0.25) is 9.59 Å². The van der Waals surface area contributed by atoms with Gasteiger partial charge in [0.05, 0.1) is 0 Å². The van der Waals surface area contributed by atoms with Gasteiger partial charge in [0.15, 0.2) is 6.61 Å². The highest BCUT2D eigenvalue weighted by Gasteiger charge is 2.30. The van der Waals surface area contributed by atoms with Gasteiger partial charge in [-0.05, 0) is 32.6 Å². The smallest absolute Gasteiger partial charge is 0.406 e. The standard InChI is InChI=1S/C16H22F3NO3S/c1-10-7-13(12(3)20(10)9-16(17,18)19)14(21)8-23-15(22)6-5-11(2)24-4/h7,11H,5-6,8-9H2,1-4H3/t11-/m0/s1. The maximum absolute atomic E-state index is 12.6. The lowest BCUT2D eigenvalue weighted by molar-refractivity contribution is -0.142. The molecule has 24 heavy (non-hydrogen) atoms. The summed E-state index contributed by atoms with van der Waals surface area (Å²) in [6.07, 6.45) is -1.57. The van der Waals surface area contributed by atoms with Crippen LogP contribution in [-0.4, -0.2) is 40.6 Å². The number of ketones is 1. The van der Waals surface area contributed by atoms with Gasteiger partial charge in [0, 0.05) is 28.6 Å². The van der Waals surface area contributed by atoms with Crippen LogP contribution in [0.1, 0.15) is 41.5 Å². The fourth-order valence-electron chi connectivity index (χ4n) is 2.24. The quantitative estimate of drug-likeness (QED) is 0.517. The van der Waals surface area contributed by atoms with Gasteiger partial charge >= 0.3 is 12.1 Å². The maximum Gasteiger partial charge on any atom is 0.406 e. The molecule has 0 N–H and O–H groups in total. The number of hydrogen-bond acceptors (Lipinski definition) is 4. The minimum absolute atomic E-state index is 0.155. The lowest BCUT2D eigenvalue weighted by Gasteiger charge is -2.12. The number of esters is 1. The number of rotatable bonds is 8. The molecule has 0 saturated carbocycles. The predicted molar refractivity (Wildman–Crippen MR) is 87.5 cm³/mol. The van der Waals surface area contributed by atoms with Gasteiger partial charge in [0.2, 0.25) is 5.78 Å². The zero-order chi connectivity index (χ0) is 18.5. The molecular weight excluding hydrogens is 343 g/mol. The van der Waals surface area contributed by atoms with Gasteiger partial charge in [0.1, 0.15) is 6.54 Å². The molecule has 0 aliphatic heterocycles. The summed E-state index contributed by atoms with van der Waals surface area (Å²) < 4.78 is 43.7. The molecule has 0 saturated heterocycles. The Morgan fingerprint density at radius 2 is 1.96 bits per heavy atom. The Balaban J connectivity index is 2.66. The molecule has 0 radical (unpaired) electrons. The SMILES string of the molecule is CS[C@@H](C)CCC(=O)OCC(=O)c1cc(C)n(CC(F)(F)F)c1C. The second kappa shape index (κ2) is 8.60. The van der Waals surface area contributed by atoms with Crippen molar-refractivity contribution in [2.75, 3.05) is 12.9 Å². The third-order valence-corrected chi connectivity index (χ3v) is 4.77. The number of carbonyl (C=O) groups is 2. The molecule has 0 amide bonds. The summed E-state index contributed by atoms with van der Waals surface area (Å²) in [5, 5.41) is 0.314. The van der Waals surface area contributed by atoms with Crippen molar-refractivity contribution in [1.29, 1.82) is 0 Å². The van der Waals surface area contributed by atoms with E-state index in [1.165, 1.54) is 19.9 Å². The third-order valence-electron chi connectivity index (χ3n) is 3.73. The molecule has 0 spiro atoms. The topological polar surface area (TPSA) is 48.3 Å². The van der Waals surface area contributed by atoms with Gasteiger partial charge in [-0.2, -0.15) is 24.9 Å². The number of hydrogen-bond donors (Lipinski definition) is 0. The Bertz CT molecular complexity index is 596. The highest BCUT2D eigenvalue weighted by atomic mass is 32.2. The molecule has 0 bridgehead atoms. The number of ether oxygens (including phenoxy) is 1. The summed E-state index contributed by atoms with van der Waals surface area (Å²) in [6, 6.07) is 1.40. The second-order valence-electron chi connectivity index (χ2n) is 5.65. The van der Waals surface area contributed by atoms with Crippen LogP contribution in [0.15, 0.2) is 6.07 Å². The van der Waals surface area contributed by atoms with E-state index in [9.17, 15) is 22.8 Å². The van der Waals surface area contributed by atoms with Crippen molar-refractivity contribution in [3.63, 3.8) is 0 Å². The molecule has 136 valence electrons. The first kappa shape index (κ1) is 20.6. The number of halogens is 3. The van der Waals surface area contributed by atoms with Crippen LogP contribution in [0.5, 0.6) is 0 Å². The largest absolute Gasteiger partial charge is 0.457 e. The van der Waals surface area contributed by atoms with Crippen LogP contribution in [0.25, 0.3) is 0 Å². The average Bonchev–Trinajstić information content (AvgIpc) is 2.76. The fourth-order valence-corrected chi connectivity index (χ4v) is 2.59. The normalized spacial score (nSPS) is 13.0. The molecule has 1 heterocycles. The molecule has 1 atom stereocenters. The zero-order valence-corrected chi connectivity index (χ0v) is 15.0. The van der Waals surface area contributed by atoms with Crippen molar-refractivity contribution in [2.24, 2.45) is 0 Å². The number of nitrogens with zero attached hydrogens (tertiary/aromatic N) is 1. The first-order valence-corrected chi connectivity index (χ1v) is 8.79. The monoisotopic (exact) mass is 365 g/mol. The van der Waals surface area contributed by atoms with Gasteiger partial charge in [0.25, 0.3) is 0 Å². The van der Waals surface area contributed by atoms with Gasteiger partial charge in [-0.25, -0.2) is 0 Å². The van der Waals surface area contributed by atoms with Crippen molar-refractivity contribution in [3.05, 3.63) is 23.0 Å². The summed E-state index contributed by atoms with van der Waals surface area (Å²) in [5.41, 5.74) is 0.720. The summed E-state index contributed by atoms with van der Waals surface area (Å²) in [5.74, 6) is -0.976. The molecule has 1 rings (SSSR count). The summed E-state index contributed by atoms with van der Waals surface area (Å²) in [7, 11) is 0. The predicted octanol–water partition coefficient (Wildman–Crippen LogP) is 3.92. The van der Waals surface area contributed by atoms with E-state index < -0.39 is 31.1 Å². The number of aromatic nitrogens is 1. The average molecular weight is 365 g/mol. The first-order chi connectivity index (χ1) is 11.0. The van der Waals surface area contributed by atoms with Crippen LogP contribution < -0.4 is 0 Å². The van der Waals surface area contributed by atoms with Crippen LogP contribution in [0.2, 0.25) is 0 Å². The van der Waals surface area contributed by atoms with Gasteiger partial charge < -0.3 is 9.30 Å². The van der Waals surface area contributed by atoms with Crippen LogP contribution in [0.4, 0.5) is 13.2 Å². The molecular formula is C16H22F3NO3S. The van der Waals surface area contributed by atoms with Crippen LogP contribution in [0, 0.1) is 13.8 Å². The fraction of sp³-hybridized carbons (Fsp3) is 0.625. The van der Waals surface area contributed by atoms with Crippen molar-refractivity contribution < 1.29 is 27.5 Å². The lowest BCUT2D eigenvalue weighted by Crippen LogP contribution is -2.20. The minimum Gasteiger partial charge on any atom is -0.457 e. The van der Waals surface area contributed by atoms with E-state index in [0.29, 0.717) is 17.4 Å². The van der Waals surface area contributed by atoms with E-state index in [0.717, 1.165) is 4.57 Å². The van der Waals surface area contributed by atoms with Crippen molar-refractivity contribution in [1.82, 2.24) is 4.57 Å². The molecule has 0 aliphatic rings. The van der Waals surface area contributed by atoms with E-state index in [-0.39, 0.29) is 17.7 Å². The number of aryl methyl sites for hydroxylation is 1. The van der Waals surface area contributed by atoms with E-state index >= 15 is 0 Å². The van der Waals surface area contributed by atoms with E-state index in [2.05, 4.69) is 0 Å². The highest BCUT2D eigenvalue weighted by Crippen LogP contribution is 2.23. The van der Waals surface area contributed by atoms with Crippen molar-refractivity contribution in [3.8, 4) is 0 Å². The zero-order valence-electron chi connectivity index (χ0n) is 14.2. The third kappa shape index (κ3) is 6.22. The second-order valence-corrected chi connectivity index (χ2v) is 6.93. The number of thioether (sulfide) groups is 1. The lowest BCUT2D eigenvalue weighted by atomic mass is 10.1. The molecule has 0 aliphatic carbocycles. The van der Waals surface area contributed by atoms with E-state index in [1.54, 1.807) is 11.8 Å². The maximum atomic E-state index is 12.6. The Hall–Kier alpha value is -1.44. The van der Waals surface area contributed by atoms with Crippen LogP contribution >= 0.6 is 11.8 Å². The summed E-state index contributed by atoms with van der Waals surface area (Å²) in [4.78, 5) is 23.7. The van der Waals surface area contributed by atoms with Crippen LogP contribution in [0.3, 0.4) is 0 Å². The summed E-state index contributed by atoms with van der Waals surface area (Å²) in [6.45, 7) is 3.34. The van der Waals surface area contributed by atoms with Crippen molar-refractivity contribution in [2.45, 2.75) is 51.6 Å². The molecule has 1 aromatic heterocycles. The van der Waals surface area contributed by atoms with Gasteiger partial charge in [-0.15, -0.1) is 0 Å². The minimum atomic E-state index is -4.37. The Morgan fingerprint density at radius 1 is 1.33 bits per heavy atom. The number of alkyl halides is 3. The highest BCUT2D eigenvalue weighted by molar-refractivity contribution is 7.99. The van der Waals surface area contributed by atoms with E-state index in [4.69, 9.17) is 4.74 Å². The Kier molecular flexibility index (Phi) is 7.38. The summed E-state index contributed by atoms with van der Waals surface area (Å²) >= 11 is 1.63. The molecule has 0 aromatic carbocycles. The Morgan fingerprint density at radius 3 is 2.50 bits per heavy atom. The number of carbonyl (C=O) groups excluding carboxylic acids is 2. The molecule has 0 unspecified atom stereocenters. The van der Waals surface area contributed by atoms with Crippen LogP contribution in [-0.2, 0) is 16.1 Å². The molecule has 0 fully saturated rings. The number of Topliss-reactive ketones (excluding diaryl/α,β-unsaturated/α-hetero) is 1. The molecule has 8 heteroatoms. The van der Waals surface area contributed by atoms with Gasteiger partial charge in [-0.1, -0.05) is 6.92 Å². The Labute approximate surface area is 143 Å². The molecule has 4 nitrogen and oxygen atoms in total.